The normalized spacial score (nSPS) is 9.84. The smallest absolute Gasteiger partial charge is 0.172 e. The van der Waals surface area contributed by atoms with Crippen molar-refractivity contribution >= 4 is 17.1 Å². The Hall–Kier alpha value is -1.70. The van der Waals surface area contributed by atoms with Gasteiger partial charge in [-0.1, -0.05) is 26.0 Å². The zero-order valence-corrected chi connectivity index (χ0v) is 13.2. The predicted octanol–water partition coefficient (Wildman–Crippen LogP) is 3.88. The fourth-order valence-electron chi connectivity index (χ4n) is 2.10. The SMILES string of the molecule is CC.Cc1nc2c(C=[N+](C)C)cccc2c(C)c1C. The van der Waals surface area contributed by atoms with Crippen LogP contribution in [0.1, 0.15) is 36.2 Å². The van der Waals surface area contributed by atoms with E-state index in [0.717, 1.165) is 11.2 Å². The van der Waals surface area contributed by atoms with E-state index in [1.807, 2.05) is 27.9 Å². The molecule has 2 aromatic rings. The molecule has 0 saturated heterocycles. The fraction of sp³-hybridized carbons (Fsp3) is 0.412. The first-order chi connectivity index (χ1) is 9.00. The number of para-hydroxylation sites is 1. The number of aryl methyl sites for hydroxylation is 2. The molecule has 2 heteroatoms. The van der Waals surface area contributed by atoms with E-state index in [0.29, 0.717) is 0 Å². The first-order valence-corrected chi connectivity index (χ1v) is 6.88. The van der Waals surface area contributed by atoms with Gasteiger partial charge in [0.05, 0.1) is 11.1 Å². The van der Waals surface area contributed by atoms with Crippen molar-refractivity contribution in [3.8, 4) is 0 Å². The van der Waals surface area contributed by atoms with E-state index in [-0.39, 0.29) is 0 Å². The van der Waals surface area contributed by atoms with Gasteiger partial charge in [0.25, 0.3) is 0 Å². The molecule has 19 heavy (non-hydrogen) atoms. The van der Waals surface area contributed by atoms with Gasteiger partial charge in [0, 0.05) is 11.1 Å². The number of hydrogen-bond donors (Lipinski definition) is 0. The molecule has 0 fully saturated rings. The number of aromatic nitrogens is 1. The van der Waals surface area contributed by atoms with Gasteiger partial charge in [0.2, 0.25) is 0 Å². The Bertz CT molecular complexity index is 606. The first kappa shape index (κ1) is 15.4. The van der Waals surface area contributed by atoms with Gasteiger partial charge in [-0.05, 0) is 38.0 Å². The van der Waals surface area contributed by atoms with Crippen LogP contribution in [-0.4, -0.2) is 29.9 Å². The average molecular weight is 257 g/mol. The van der Waals surface area contributed by atoms with Crippen LogP contribution in [0.3, 0.4) is 0 Å². The van der Waals surface area contributed by atoms with Crippen molar-refractivity contribution < 1.29 is 4.58 Å². The summed E-state index contributed by atoms with van der Waals surface area (Å²) in [7, 11) is 4.07. The second-order valence-electron chi connectivity index (χ2n) is 4.78. The van der Waals surface area contributed by atoms with Gasteiger partial charge in [0.1, 0.15) is 14.1 Å². The van der Waals surface area contributed by atoms with Crippen molar-refractivity contribution in [1.82, 2.24) is 4.98 Å². The van der Waals surface area contributed by atoms with Crippen molar-refractivity contribution in [3.63, 3.8) is 0 Å². The predicted molar refractivity (Wildman–Crippen MR) is 84.6 cm³/mol. The van der Waals surface area contributed by atoms with Crippen LogP contribution >= 0.6 is 0 Å². The van der Waals surface area contributed by atoms with Gasteiger partial charge in [-0.2, -0.15) is 0 Å². The maximum Gasteiger partial charge on any atom is 0.172 e. The fourth-order valence-corrected chi connectivity index (χ4v) is 2.10. The highest BCUT2D eigenvalue weighted by Crippen LogP contribution is 2.23. The zero-order valence-electron chi connectivity index (χ0n) is 13.2. The Morgan fingerprint density at radius 2 is 1.63 bits per heavy atom. The molecule has 0 aliphatic carbocycles. The maximum absolute atomic E-state index is 4.73. The number of rotatable bonds is 1. The van der Waals surface area contributed by atoms with Crippen LogP contribution in [0, 0.1) is 20.8 Å². The quantitative estimate of drug-likeness (QED) is 0.559. The Morgan fingerprint density at radius 3 is 2.21 bits per heavy atom. The van der Waals surface area contributed by atoms with E-state index in [1.165, 1.54) is 22.1 Å². The lowest BCUT2D eigenvalue weighted by Gasteiger charge is -2.09. The Kier molecular flexibility index (Phi) is 5.22. The van der Waals surface area contributed by atoms with Crippen LogP contribution in [0.4, 0.5) is 0 Å². The van der Waals surface area contributed by atoms with Crippen LogP contribution in [0.5, 0.6) is 0 Å². The summed E-state index contributed by atoms with van der Waals surface area (Å²) in [6.07, 6.45) is 2.11. The zero-order chi connectivity index (χ0) is 14.6. The molecule has 0 aliphatic heterocycles. The summed E-state index contributed by atoms with van der Waals surface area (Å²) >= 11 is 0. The standard InChI is InChI=1S/C15H19N2.C2H6/c1-10-11(2)14-8-6-7-13(9-17(4)5)15(14)16-12(10)3;1-2/h6-9H,1-5H3;1-2H3/q+1;. The van der Waals surface area contributed by atoms with Crippen LogP contribution in [0.15, 0.2) is 18.2 Å². The molecule has 0 saturated carbocycles. The second-order valence-corrected chi connectivity index (χ2v) is 4.78. The van der Waals surface area contributed by atoms with Crippen molar-refractivity contribution in [3.05, 3.63) is 40.6 Å². The molecule has 0 amide bonds. The van der Waals surface area contributed by atoms with E-state index in [9.17, 15) is 0 Å². The minimum absolute atomic E-state index is 1.10. The maximum atomic E-state index is 4.73. The van der Waals surface area contributed by atoms with E-state index >= 15 is 0 Å². The lowest BCUT2D eigenvalue weighted by atomic mass is 10.0. The van der Waals surface area contributed by atoms with Gasteiger partial charge in [-0.15, -0.1) is 0 Å². The van der Waals surface area contributed by atoms with E-state index in [1.54, 1.807) is 0 Å². The lowest BCUT2D eigenvalue weighted by molar-refractivity contribution is -0.458. The van der Waals surface area contributed by atoms with Crippen LogP contribution in [0.2, 0.25) is 0 Å². The van der Waals surface area contributed by atoms with Gasteiger partial charge in [-0.25, -0.2) is 4.58 Å². The highest BCUT2D eigenvalue weighted by molar-refractivity contribution is 5.97. The van der Waals surface area contributed by atoms with Crippen LogP contribution < -0.4 is 0 Å². The first-order valence-electron chi connectivity index (χ1n) is 6.88. The molecule has 102 valence electrons. The summed E-state index contributed by atoms with van der Waals surface area (Å²) in [6.45, 7) is 10.4. The average Bonchev–Trinajstić information content (AvgIpc) is 2.39. The molecule has 2 rings (SSSR count). The van der Waals surface area contributed by atoms with Gasteiger partial charge < -0.3 is 0 Å². The summed E-state index contributed by atoms with van der Waals surface area (Å²) in [6, 6.07) is 6.36. The van der Waals surface area contributed by atoms with Gasteiger partial charge in [0.15, 0.2) is 6.21 Å². The molecule has 1 heterocycles. The number of nitrogens with zero attached hydrogens (tertiary/aromatic N) is 2. The Labute approximate surface area is 116 Å². The van der Waals surface area contributed by atoms with Crippen molar-refractivity contribution in [2.75, 3.05) is 14.1 Å². The van der Waals surface area contributed by atoms with Crippen molar-refractivity contribution in [2.45, 2.75) is 34.6 Å². The third-order valence-corrected chi connectivity index (χ3v) is 3.25. The molecule has 1 aromatic heterocycles. The number of pyridine rings is 1. The van der Waals surface area contributed by atoms with Crippen molar-refractivity contribution in [2.24, 2.45) is 0 Å². The second kappa shape index (κ2) is 6.46. The summed E-state index contributed by atoms with van der Waals surface area (Å²) in [5, 5.41) is 1.25. The topological polar surface area (TPSA) is 15.9 Å². The molecule has 0 N–H and O–H groups in total. The largest absolute Gasteiger partial charge is 0.252 e. The molecule has 0 aliphatic rings. The molecule has 2 nitrogen and oxygen atoms in total. The molecule has 1 aromatic carbocycles. The highest BCUT2D eigenvalue weighted by Gasteiger charge is 2.09. The van der Waals surface area contributed by atoms with E-state index in [4.69, 9.17) is 4.98 Å². The number of fused-ring (bicyclic) bond motifs is 1. The third-order valence-electron chi connectivity index (χ3n) is 3.25. The molecule has 0 bridgehead atoms. The summed E-state index contributed by atoms with van der Waals surface area (Å²) < 4.78 is 2.06. The minimum atomic E-state index is 1.10. The third kappa shape index (κ3) is 3.19. The highest BCUT2D eigenvalue weighted by atomic mass is 14.9. The molecular weight excluding hydrogens is 232 g/mol. The van der Waals surface area contributed by atoms with Crippen LogP contribution in [-0.2, 0) is 0 Å². The van der Waals surface area contributed by atoms with E-state index in [2.05, 4.69) is 49.8 Å². The summed E-state index contributed by atoms with van der Waals surface area (Å²) in [5.74, 6) is 0. The van der Waals surface area contributed by atoms with E-state index < -0.39 is 0 Å². The molecule has 0 unspecified atom stereocenters. The number of benzene rings is 1. The Morgan fingerprint density at radius 1 is 1.00 bits per heavy atom. The van der Waals surface area contributed by atoms with Crippen molar-refractivity contribution in [1.29, 1.82) is 0 Å². The van der Waals surface area contributed by atoms with Crippen LogP contribution in [0.25, 0.3) is 10.9 Å². The Balaban J connectivity index is 0.000000861. The molecular formula is C17H25N2+. The molecule has 0 spiro atoms. The molecule has 0 radical (unpaired) electrons. The minimum Gasteiger partial charge on any atom is -0.252 e. The van der Waals surface area contributed by atoms with Gasteiger partial charge >= 0.3 is 0 Å². The summed E-state index contributed by atoms with van der Waals surface area (Å²) in [5.41, 5.74) is 6.02. The lowest BCUT2D eigenvalue weighted by Crippen LogP contribution is -2.02. The monoisotopic (exact) mass is 257 g/mol. The molecule has 0 atom stereocenters. The van der Waals surface area contributed by atoms with Gasteiger partial charge in [-0.3, -0.25) is 4.98 Å². The number of hydrogen-bond acceptors (Lipinski definition) is 1. The summed E-state index contributed by atoms with van der Waals surface area (Å²) in [4.78, 5) is 4.73.